The van der Waals surface area contributed by atoms with Crippen molar-refractivity contribution in [1.29, 1.82) is 0 Å². The van der Waals surface area contributed by atoms with Crippen molar-refractivity contribution in [3.63, 3.8) is 0 Å². The molecule has 1 saturated heterocycles. The Labute approximate surface area is 137 Å². The van der Waals surface area contributed by atoms with Crippen molar-refractivity contribution in [1.82, 2.24) is 4.90 Å². The largest absolute Gasteiger partial charge is 0.496 e. The topological polar surface area (TPSA) is 58.8 Å². The van der Waals surface area contributed by atoms with E-state index in [0.29, 0.717) is 11.4 Å². The summed E-state index contributed by atoms with van der Waals surface area (Å²) >= 11 is 0. The van der Waals surface area contributed by atoms with Crippen molar-refractivity contribution in [3.05, 3.63) is 28.3 Å². The fraction of sp³-hybridized carbons (Fsp3) is 0.647. The number of anilines is 1. The van der Waals surface area contributed by atoms with E-state index < -0.39 is 0 Å². The molecule has 0 atom stereocenters. The van der Waals surface area contributed by atoms with E-state index in [4.69, 9.17) is 4.74 Å². The maximum absolute atomic E-state index is 11.4. The number of nitrogens with zero attached hydrogens (tertiary/aromatic N) is 3. The molecule has 0 N–H and O–H groups in total. The molecule has 1 aromatic rings. The van der Waals surface area contributed by atoms with E-state index in [0.717, 1.165) is 32.2 Å². The van der Waals surface area contributed by atoms with Gasteiger partial charge in [0.05, 0.1) is 18.1 Å². The van der Waals surface area contributed by atoms with Crippen molar-refractivity contribution in [3.8, 4) is 5.75 Å². The summed E-state index contributed by atoms with van der Waals surface area (Å²) < 4.78 is 5.11. The first-order valence-corrected chi connectivity index (χ1v) is 8.50. The lowest BCUT2D eigenvalue weighted by molar-refractivity contribution is -0.384. The van der Waals surface area contributed by atoms with Crippen molar-refractivity contribution in [2.24, 2.45) is 0 Å². The Hall–Kier alpha value is -1.82. The molecule has 2 fully saturated rings. The van der Waals surface area contributed by atoms with E-state index in [1.165, 1.54) is 45.3 Å². The minimum absolute atomic E-state index is 0.135. The van der Waals surface area contributed by atoms with Gasteiger partial charge in [-0.25, -0.2) is 0 Å². The highest BCUT2D eigenvalue weighted by atomic mass is 16.6. The molecule has 1 aliphatic carbocycles. The molecule has 126 valence electrons. The summed E-state index contributed by atoms with van der Waals surface area (Å²) in [5.41, 5.74) is 0.842. The SMILES string of the molecule is COc1ccc(N2CCN(C3CCCCC3)CC2)c([N+](=O)[O-])c1. The van der Waals surface area contributed by atoms with Gasteiger partial charge < -0.3 is 9.64 Å². The van der Waals surface area contributed by atoms with Crippen LogP contribution in [0, 0.1) is 10.1 Å². The number of hydrogen-bond donors (Lipinski definition) is 0. The van der Waals surface area contributed by atoms with E-state index in [1.54, 1.807) is 6.07 Å². The van der Waals surface area contributed by atoms with E-state index in [-0.39, 0.29) is 10.6 Å². The second-order valence-electron chi connectivity index (χ2n) is 6.43. The van der Waals surface area contributed by atoms with E-state index in [1.807, 2.05) is 6.07 Å². The first-order chi connectivity index (χ1) is 11.2. The third-order valence-corrected chi connectivity index (χ3v) is 5.13. The van der Waals surface area contributed by atoms with Gasteiger partial charge in [-0.15, -0.1) is 0 Å². The van der Waals surface area contributed by atoms with Gasteiger partial charge in [0.25, 0.3) is 5.69 Å². The third kappa shape index (κ3) is 3.58. The summed E-state index contributed by atoms with van der Waals surface area (Å²) in [6.07, 6.45) is 6.67. The Morgan fingerprint density at radius 1 is 1.13 bits per heavy atom. The maximum atomic E-state index is 11.4. The zero-order valence-corrected chi connectivity index (χ0v) is 13.7. The molecule has 0 unspecified atom stereocenters. The number of ether oxygens (including phenoxy) is 1. The summed E-state index contributed by atoms with van der Waals surface area (Å²) in [6.45, 7) is 3.69. The summed E-state index contributed by atoms with van der Waals surface area (Å²) in [5, 5.41) is 11.4. The molecule has 1 heterocycles. The van der Waals surface area contributed by atoms with Crippen molar-refractivity contribution < 1.29 is 9.66 Å². The number of methoxy groups -OCH3 is 1. The van der Waals surface area contributed by atoms with E-state index >= 15 is 0 Å². The zero-order chi connectivity index (χ0) is 16.2. The van der Waals surface area contributed by atoms with Crippen LogP contribution in [0.5, 0.6) is 5.75 Å². The average Bonchev–Trinajstić information content (AvgIpc) is 2.62. The van der Waals surface area contributed by atoms with Gasteiger partial charge in [-0.3, -0.25) is 15.0 Å². The second-order valence-corrected chi connectivity index (χ2v) is 6.43. The van der Waals surface area contributed by atoms with Crippen LogP contribution in [0.25, 0.3) is 0 Å². The first-order valence-electron chi connectivity index (χ1n) is 8.50. The van der Waals surface area contributed by atoms with Crippen LogP contribution in [0.15, 0.2) is 18.2 Å². The van der Waals surface area contributed by atoms with Crippen molar-refractivity contribution >= 4 is 11.4 Å². The molecule has 0 amide bonds. The number of piperazine rings is 1. The van der Waals surface area contributed by atoms with Crippen LogP contribution < -0.4 is 9.64 Å². The van der Waals surface area contributed by atoms with Crippen LogP contribution in [-0.4, -0.2) is 49.2 Å². The molecule has 6 heteroatoms. The molecule has 2 aliphatic rings. The maximum Gasteiger partial charge on any atom is 0.296 e. The van der Waals surface area contributed by atoms with Crippen molar-refractivity contribution in [2.45, 2.75) is 38.1 Å². The fourth-order valence-corrected chi connectivity index (χ4v) is 3.82. The molecular formula is C17H25N3O3. The van der Waals surface area contributed by atoms with Crippen LogP contribution in [0.1, 0.15) is 32.1 Å². The molecule has 1 saturated carbocycles. The van der Waals surface area contributed by atoms with Gasteiger partial charge in [-0.1, -0.05) is 19.3 Å². The highest BCUT2D eigenvalue weighted by Gasteiger charge is 2.28. The molecule has 1 aromatic carbocycles. The molecule has 6 nitrogen and oxygen atoms in total. The summed E-state index contributed by atoms with van der Waals surface area (Å²) in [7, 11) is 1.53. The number of nitro benzene ring substituents is 1. The smallest absolute Gasteiger partial charge is 0.296 e. The molecule has 0 aromatic heterocycles. The highest BCUT2D eigenvalue weighted by Crippen LogP contribution is 2.33. The van der Waals surface area contributed by atoms with E-state index in [2.05, 4.69) is 9.80 Å². The molecule has 1 aliphatic heterocycles. The summed E-state index contributed by atoms with van der Waals surface area (Å²) in [6, 6.07) is 5.85. The van der Waals surface area contributed by atoms with Gasteiger partial charge in [-0.2, -0.15) is 0 Å². The lowest BCUT2D eigenvalue weighted by Gasteiger charge is -2.41. The zero-order valence-electron chi connectivity index (χ0n) is 13.7. The molecule has 0 radical (unpaired) electrons. The lowest BCUT2D eigenvalue weighted by Crippen LogP contribution is -2.51. The Bertz CT molecular complexity index is 550. The first kappa shape index (κ1) is 16.1. The molecular weight excluding hydrogens is 294 g/mol. The van der Waals surface area contributed by atoms with Gasteiger partial charge >= 0.3 is 0 Å². The van der Waals surface area contributed by atoms with Crippen LogP contribution >= 0.6 is 0 Å². The monoisotopic (exact) mass is 319 g/mol. The second kappa shape index (κ2) is 7.17. The highest BCUT2D eigenvalue weighted by molar-refractivity contribution is 5.65. The van der Waals surface area contributed by atoms with Gasteiger partial charge in [0.2, 0.25) is 0 Å². The minimum atomic E-state index is -0.314. The lowest BCUT2D eigenvalue weighted by atomic mass is 9.94. The quantitative estimate of drug-likeness (QED) is 0.630. The number of rotatable bonds is 4. The van der Waals surface area contributed by atoms with Gasteiger partial charge in [-0.05, 0) is 25.0 Å². The molecule has 23 heavy (non-hydrogen) atoms. The van der Waals surface area contributed by atoms with Crippen LogP contribution in [0.3, 0.4) is 0 Å². The van der Waals surface area contributed by atoms with Gasteiger partial charge in [0, 0.05) is 32.2 Å². The Morgan fingerprint density at radius 2 is 1.83 bits per heavy atom. The summed E-state index contributed by atoms with van der Waals surface area (Å²) in [4.78, 5) is 15.8. The normalized spacial score (nSPS) is 20.5. The number of benzene rings is 1. The third-order valence-electron chi connectivity index (χ3n) is 5.13. The predicted octanol–water partition coefficient (Wildman–Crippen LogP) is 3.06. The number of nitro groups is 1. The van der Waals surface area contributed by atoms with Gasteiger partial charge in [0.1, 0.15) is 11.4 Å². The average molecular weight is 319 g/mol. The minimum Gasteiger partial charge on any atom is -0.496 e. The molecule has 3 rings (SSSR count). The van der Waals surface area contributed by atoms with Crippen molar-refractivity contribution in [2.75, 3.05) is 38.2 Å². The Kier molecular flexibility index (Phi) is 5.00. The molecule has 0 bridgehead atoms. The predicted molar refractivity (Wildman–Crippen MR) is 90.3 cm³/mol. The van der Waals surface area contributed by atoms with E-state index in [9.17, 15) is 10.1 Å². The van der Waals surface area contributed by atoms with Crippen LogP contribution in [-0.2, 0) is 0 Å². The Balaban J connectivity index is 1.68. The molecule has 0 spiro atoms. The number of hydrogen-bond acceptors (Lipinski definition) is 5. The van der Waals surface area contributed by atoms with Gasteiger partial charge in [0.15, 0.2) is 0 Å². The summed E-state index contributed by atoms with van der Waals surface area (Å²) in [5.74, 6) is 0.529. The van der Waals surface area contributed by atoms with Crippen LogP contribution in [0.4, 0.5) is 11.4 Å². The standard InChI is InChI=1S/C17H25N3O3/c1-23-15-7-8-16(17(13-15)20(21)22)19-11-9-18(10-12-19)14-5-3-2-4-6-14/h7-8,13-14H,2-6,9-12H2,1H3. The van der Waals surface area contributed by atoms with Crippen LogP contribution in [0.2, 0.25) is 0 Å². The Morgan fingerprint density at radius 3 is 2.43 bits per heavy atom. The fourth-order valence-electron chi connectivity index (χ4n) is 3.82.